The van der Waals surface area contributed by atoms with E-state index in [0.29, 0.717) is 12.8 Å². The van der Waals surface area contributed by atoms with Crippen molar-refractivity contribution in [3.63, 3.8) is 0 Å². The molecule has 1 atom stereocenters. The summed E-state index contributed by atoms with van der Waals surface area (Å²) in [5.74, 6) is -2.38. The zero-order chi connectivity index (χ0) is 20.0. The number of carbonyl (C=O) groups excluding carboxylic acids is 1. The molecule has 0 saturated carbocycles. The van der Waals surface area contributed by atoms with Crippen molar-refractivity contribution in [3.8, 4) is 12.1 Å². The van der Waals surface area contributed by atoms with E-state index in [1.54, 1.807) is 19.1 Å². The van der Waals surface area contributed by atoms with Crippen LogP contribution in [0.2, 0.25) is 0 Å². The average molecular weight is 369 g/mol. The van der Waals surface area contributed by atoms with Gasteiger partial charge in [-0.05, 0) is 25.0 Å². The highest BCUT2D eigenvalue weighted by Gasteiger charge is 2.54. The largest absolute Gasteiger partial charge is 0.478 e. The van der Waals surface area contributed by atoms with Gasteiger partial charge in [-0.1, -0.05) is 19.9 Å². The third-order valence-electron chi connectivity index (χ3n) is 3.94. The van der Waals surface area contributed by atoms with E-state index in [4.69, 9.17) is 9.47 Å². The standard InChI is InChI=1S/C19H19N3O5/c1-3-9-26-18(25)16-13-7-5-6-8-22(13)14(11-20)15(17(23)24)19(16,12-21)27-10-4-2/h5-8H,3-4,9-10H2,1-2H3,(H,23,24). The maximum absolute atomic E-state index is 12.8. The molecule has 2 aliphatic heterocycles. The van der Waals surface area contributed by atoms with Gasteiger partial charge in [0, 0.05) is 12.8 Å². The lowest BCUT2D eigenvalue weighted by molar-refractivity contribution is -0.142. The Balaban J connectivity index is 2.83. The molecule has 0 amide bonds. The SMILES string of the molecule is CCCOC(=O)C1=C2C=CC=CN2C(C#N)=C(C(=O)O)C1(C#N)OCCC. The molecule has 0 aromatic heterocycles. The van der Waals surface area contributed by atoms with E-state index in [0.717, 1.165) is 0 Å². The van der Waals surface area contributed by atoms with Crippen molar-refractivity contribution < 1.29 is 24.2 Å². The number of carbonyl (C=O) groups is 2. The van der Waals surface area contributed by atoms with Crippen LogP contribution in [-0.2, 0) is 19.1 Å². The normalized spacial score (nSPS) is 20.8. The monoisotopic (exact) mass is 369 g/mol. The van der Waals surface area contributed by atoms with Crippen LogP contribution in [0.4, 0.5) is 0 Å². The van der Waals surface area contributed by atoms with Crippen LogP contribution in [0.1, 0.15) is 26.7 Å². The first-order valence-corrected chi connectivity index (χ1v) is 8.47. The molecule has 2 rings (SSSR count). The van der Waals surface area contributed by atoms with Crippen LogP contribution in [-0.4, -0.2) is 40.8 Å². The predicted molar refractivity (Wildman–Crippen MR) is 93.3 cm³/mol. The summed E-state index contributed by atoms with van der Waals surface area (Å²) in [5, 5.41) is 29.3. The quantitative estimate of drug-likeness (QED) is 0.677. The molecule has 140 valence electrons. The van der Waals surface area contributed by atoms with Crippen molar-refractivity contribution in [3.05, 3.63) is 47.0 Å². The van der Waals surface area contributed by atoms with Gasteiger partial charge in [0.05, 0.1) is 12.3 Å². The number of carboxylic acids is 1. The highest BCUT2D eigenvalue weighted by Crippen LogP contribution is 2.43. The number of hydrogen-bond acceptors (Lipinski definition) is 7. The van der Waals surface area contributed by atoms with Gasteiger partial charge in [0.15, 0.2) is 0 Å². The summed E-state index contributed by atoms with van der Waals surface area (Å²) < 4.78 is 10.8. The third-order valence-corrected chi connectivity index (χ3v) is 3.94. The van der Waals surface area contributed by atoms with E-state index in [2.05, 4.69) is 0 Å². The number of rotatable bonds is 7. The van der Waals surface area contributed by atoms with Crippen LogP contribution in [0.25, 0.3) is 0 Å². The fourth-order valence-corrected chi connectivity index (χ4v) is 2.85. The number of carboxylic acid groups (broad SMARTS) is 1. The number of esters is 1. The second-order valence-corrected chi connectivity index (χ2v) is 5.75. The van der Waals surface area contributed by atoms with Crippen molar-refractivity contribution in [2.45, 2.75) is 32.3 Å². The molecule has 0 radical (unpaired) electrons. The number of ether oxygens (including phenoxy) is 2. The van der Waals surface area contributed by atoms with E-state index < -0.39 is 23.1 Å². The Hall–Kier alpha value is -3.36. The fourth-order valence-electron chi connectivity index (χ4n) is 2.85. The molecule has 0 aromatic carbocycles. The molecule has 0 aliphatic carbocycles. The number of hydrogen-bond donors (Lipinski definition) is 1. The number of nitriles is 2. The van der Waals surface area contributed by atoms with Gasteiger partial charge in [-0.2, -0.15) is 10.5 Å². The van der Waals surface area contributed by atoms with Gasteiger partial charge in [-0.3, -0.25) is 0 Å². The lowest BCUT2D eigenvalue weighted by atomic mass is 9.80. The van der Waals surface area contributed by atoms with Crippen LogP contribution in [0.5, 0.6) is 0 Å². The summed E-state index contributed by atoms with van der Waals surface area (Å²) in [7, 11) is 0. The summed E-state index contributed by atoms with van der Waals surface area (Å²) in [4.78, 5) is 26.1. The van der Waals surface area contributed by atoms with Gasteiger partial charge in [-0.15, -0.1) is 0 Å². The average Bonchev–Trinajstić information content (AvgIpc) is 2.68. The van der Waals surface area contributed by atoms with Crippen molar-refractivity contribution >= 4 is 11.9 Å². The summed E-state index contributed by atoms with van der Waals surface area (Å²) in [6.07, 6.45) is 7.19. The van der Waals surface area contributed by atoms with E-state index in [9.17, 15) is 25.2 Å². The van der Waals surface area contributed by atoms with Crippen LogP contribution >= 0.6 is 0 Å². The zero-order valence-electron chi connectivity index (χ0n) is 15.1. The Morgan fingerprint density at radius 2 is 1.89 bits per heavy atom. The molecule has 0 bridgehead atoms. The molecule has 0 saturated heterocycles. The van der Waals surface area contributed by atoms with Crippen molar-refractivity contribution in [2.24, 2.45) is 0 Å². The smallest absolute Gasteiger partial charge is 0.340 e. The van der Waals surface area contributed by atoms with E-state index in [1.165, 1.54) is 17.2 Å². The van der Waals surface area contributed by atoms with Crippen molar-refractivity contribution in [1.82, 2.24) is 4.90 Å². The molecule has 8 heteroatoms. The number of allylic oxidation sites excluding steroid dienone is 4. The highest BCUT2D eigenvalue weighted by molar-refractivity contribution is 6.02. The van der Waals surface area contributed by atoms with E-state index in [-0.39, 0.29) is 30.2 Å². The molecule has 27 heavy (non-hydrogen) atoms. The van der Waals surface area contributed by atoms with Crippen LogP contribution in [0.3, 0.4) is 0 Å². The van der Waals surface area contributed by atoms with Crippen LogP contribution < -0.4 is 0 Å². The molecule has 0 aromatic rings. The summed E-state index contributed by atoms with van der Waals surface area (Å²) in [5.41, 5.74) is -3.21. The Morgan fingerprint density at radius 3 is 2.44 bits per heavy atom. The fraction of sp³-hybridized carbons (Fsp3) is 0.368. The van der Waals surface area contributed by atoms with Gasteiger partial charge in [0.2, 0.25) is 5.60 Å². The van der Waals surface area contributed by atoms with Crippen LogP contribution in [0.15, 0.2) is 47.0 Å². The minimum Gasteiger partial charge on any atom is -0.478 e. The summed E-state index contributed by atoms with van der Waals surface area (Å²) in [6, 6.07) is 3.66. The molecule has 0 spiro atoms. The number of fused-ring (bicyclic) bond motifs is 1. The Kier molecular flexibility index (Phi) is 6.17. The molecule has 1 N–H and O–H groups in total. The Bertz CT molecular complexity index is 854. The Morgan fingerprint density at radius 1 is 1.19 bits per heavy atom. The molecule has 8 nitrogen and oxygen atoms in total. The van der Waals surface area contributed by atoms with Crippen molar-refractivity contribution in [1.29, 1.82) is 10.5 Å². The molecular weight excluding hydrogens is 350 g/mol. The maximum atomic E-state index is 12.8. The lowest BCUT2D eigenvalue weighted by Gasteiger charge is -2.39. The molecule has 2 aliphatic rings. The minimum atomic E-state index is -2.25. The van der Waals surface area contributed by atoms with E-state index in [1.807, 2.05) is 19.1 Å². The molecule has 2 heterocycles. The minimum absolute atomic E-state index is 0.0143. The van der Waals surface area contributed by atoms with Gasteiger partial charge in [-0.25, -0.2) is 9.59 Å². The lowest BCUT2D eigenvalue weighted by Crippen LogP contribution is -2.49. The van der Waals surface area contributed by atoms with Gasteiger partial charge >= 0.3 is 11.9 Å². The number of aliphatic carboxylic acids is 1. The Labute approximate surface area is 156 Å². The molecule has 1 unspecified atom stereocenters. The summed E-state index contributed by atoms with van der Waals surface area (Å²) >= 11 is 0. The maximum Gasteiger partial charge on any atom is 0.340 e. The first kappa shape index (κ1) is 20.0. The van der Waals surface area contributed by atoms with Crippen LogP contribution in [0, 0.1) is 22.7 Å². The second kappa shape index (κ2) is 8.35. The highest BCUT2D eigenvalue weighted by atomic mass is 16.5. The topological polar surface area (TPSA) is 124 Å². The second-order valence-electron chi connectivity index (χ2n) is 5.75. The molecular formula is C19H19N3O5. The van der Waals surface area contributed by atoms with Gasteiger partial charge in [0.1, 0.15) is 29.0 Å². The summed E-state index contributed by atoms with van der Waals surface area (Å²) in [6.45, 7) is 3.70. The zero-order valence-corrected chi connectivity index (χ0v) is 15.1. The number of nitrogens with zero attached hydrogens (tertiary/aromatic N) is 3. The third kappa shape index (κ3) is 3.35. The first-order chi connectivity index (χ1) is 13.0. The first-order valence-electron chi connectivity index (χ1n) is 8.47. The molecule has 0 fully saturated rings. The predicted octanol–water partition coefficient (Wildman–Crippen LogP) is 2.14. The van der Waals surface area contributed by atoms with E-state index >= 15 is 0 Å². The van der Waals surface area contributed by atoms with Gasteiger partial charge in [0.25, 0.3) is 0 Å². The van der Waals surface area contributed by atoms with Crippen molar-refractivity contribution in [2.75, 3.05) is 13.2 Å². The van der Waals surface area contributed by atoms with Gasteiger partial charge < -0.3 is 19.5 Å².